The van der Waals surface area contributed by atoms with E-state index in [0.717, 1.165) is 10.2 Å². The van der Waals surface area contributed by atoms with Gasteiger partial charge in [0, 0.05) is 21.9 Å². The maximum absolute atomic E-state index is 5.91. The Morgan fingerprint density at radius 3 is 2.81 bits per heavy atom. The number of anilines is 3. The molecule has 106 valence electrons. The fraction of sp³-hybridized carbons (Fsp3) is 0. The Bertz CT molecular complexity index is 775. The van der Waals surface area contributed by atoms with Crippen molar-refractivity contribution in [2.45, 2.75) is 0 Å². The highest BCUT2D eigenvalue weighted by Gasteiger charge is 2.08. The summed E-state index contributed by atoms with van der Waals surface area (Å²) < 4.78 is 2.29. The van der Waals surface area contributed by atoms with Crippen LogP contribution in [-0.4, -0.2) is 24.7 Å². The largest absolute Gasteiger partial charge is 0.368 e. The summed E-state index contributed by atoms with van der Waals surface area (Å²) in [6, 6.07) is 7.10. The molecule has 0 radical (unpaired) electrons. The molecule has 0 bridgehead atoms. The van der Waals surface area contributed by atoms with Crippen LogP contribution in [0.1, 0.15) is 0 Å². The Hall–Kier alpha value is -2.19. The molecule has 3 rings (SSSR count). The normalized spacial score (nSPS) is 10.6. The minimum Gasteiger partial charge on any atom is -0.368 e. The Kier molecular flexibility index (Phi) is 3.72. The van der Waals surface area contributed by atoms with Gasteiger partial charge in [-0.1, -0.05) is 11.6 Å². The summed E-state index contributed by atoms with van der Waals surface area (Å²) in [5.41, 5.74) is 6.47. The van der Waals surface area contributed by atoms with Crippen LogP contribution >= 0.6 is 27.5 Å². The van der Waals surface area contributed by atoms with Crippen LogP contribution in [0, 0.1) is 0 Å². The van der Waals surface area contributed by atoms with Gasteiger partial charge in [0.25, 0.3) is 5.95 Å². The molecule has 0 spiro atoms. The molecule has 7 nitrogen and oxygen atoms in total. The van der Waals surface area contributed by atoms with E-state index in [1.165, 1.54) is 4.68 Å². The van der Waals surface area contributed by atoms with Crippen molar-refractivity contribution in [3.05, 3.63) is 46.2 Å². The predicted molar refractivity (Wildman–Crippen MR) is 83.8 cm³/mol. The van der Waals surface area contributed by atoms with Gasteiger partial charge in [-0.25, -0.2) is 4.68 Å². The van der Waals surface area contributed by atoms with E-state index in [0.29, 0.717) is 16.9 Å². The SMILES string of the molecule is Nc1nc(Nc2ccc(Cl)cc2Br)nc(-n2cccn2)n1. The molecule has 1 aromatic carbocycles. The van der Waals surface area contributed by atoms with Crippen molar-refractivity contribution < 1.29 is 0 Å². The number of nitrogens with two attached hydrogens (primary N) is 1. The minimum atomic E-state index is 0.100. The fourth-order valence-corrected chi connectivity index (χ4v) is 2.42. The van der Waals surface area contributed by atoms with E-state index in [4.69, 9.17) is 17.3 Å². The maximum atomic E-state index is 5.91. The van der Waals surface area contributed by atoms with E-state index in [2.05, 4.69) is 41.3 Å². The van der Waals surface area contributed by atoms with Crippen LogP contribution < -0.4 is 11.1 Å². The third kappa shape index (κ3) is 3.11. The first kappa shape index (κ1) is 13.8. The van der Waals surface area contributed by atoms with E-state index < -0.39 is 0 Å². The summed E-state index contributed by atoms with van der Waals surface area (Å²) in [5.74, 6) is 0.749. The molecule has 0 amide bonds. The second-order valence-corrected chi connectivity index (χ2v) is 5.31. The van der Waals surface area contributed by atoms with Crippen LogP contribution in [0.25, 0.3) is 5.95 Å². The zero-order valence-corrected chi connectivity index (χ0v) is 12.9. The summed E-state index contributed by atoms with van der Waals surface area (Å²) in [4.78, 5) is 12.4. The summed E-state index contributed by atoms with van der Waals surface area (Å²) in [6.07, 6.45) is 3.35. The van der Waals surface area contributed by atoms with E-state index in [-0.39, 0.29) is 5.95 Å². The predicted octanol–water partition coefficient (Wildman–Crippen LogP) is 2.80. The highest BCUT2D eigenvalue weighted by Crippen LogP contribution is 2.27. The lowest BCUT2D eigenvalue weighted by molar-refractivity contribution is 0.801. The summed E-state index contributed by atoms with van der Waals surface area (Å²) >= 11 is 9.32. The molecule has 2 heterocycles. The van der Waals surface area contributed by atoms with Crippen molar-refractivity contribution >= 4 is 45.1 Å². The molecule has 0 aliphatic heterocycles. The first-order valence-corrected chi connectivity index (χ1v) is 7.02. The standard InChI is InChI=1S/C12H9BrClN7/c13-8-6-7(14)2-3-9(8)17-11-18-10(15)19-12(20-11)21-5-1-4-16-21/h1-6H,(H3,15,17,18,19,20). The Morgan fingerprint density at radius 1 is 1.24 bits per heavy atom. The lowest BCUT2D eigenvalue weighted by Gasteiger charge is -2.09. The van der Waals surface area contributed by atoms with Gasteiger partial charge in [-0.3, -0.25) is 0 Å². The highest BCUT2D eigenvalue weighted by molar-refractivity contribution is 9.10. The zero-order valence-electron chi connectivity index (χ0n) is 10.5. The van der Waals surface area contributed by atoms with Gasteiger partial charge in [-0.15, -0.1) is 0 Å². The lowest BCUT2D eigenvalue weighted by atomic mass is 10.3. The number of rotatable bonds is 3. The van der Waals surface area contributed by atoms with E-state index in [1.807, 2.05) is 0 Å². The number of nitrogens with one attached hydrogen (secondary N) is 1. The van der Waals surface area contributed by atoms with Crippen LogP contribution in [0.4, 0.5) is 17.6 Å². The van der Waals surface area contributed by atoms with E-state index in [9.17, 15) is 0 Å². The molecule has 0 aliphatic carbocycles. The number of aromatic nitrogens is 5. The molecule has 0 saturated heterocycles. The lowest BCUT2D eigenvalue weighted by Crippen LogP contribution is -2.09. The van der Waals surface area contributed by atoms with Crippen molar-refractivity contribution in [2.75, 3.05) is 11.1 Å². The van der Waals surface area contributed by atoms with Gasteiger partial charge in [-0.2, -0.15) is 20.1 Å². The van der Waals surface area contributed by atoms with Crippen molar-refractivity contribution in [1.29, 1.82) is 0 Å². The number of nitrogen functional groups attached to an aromatic ring is 1. The molecule has 21 heavy (non-hydrogen) atoms. The number of nitrogens with zero attached hydrogens (tertiary/aromatic N) is 5. The Morgan fingerprint density at radius 2 is 2.10 bits per heavy atom. The van der Waals surface area contributed by atoms with Gasteiger partial charge in [0.2, 0.25) is 11.9 Å². The Labute approximate surface area is 133 Å². The van der Waals surface area contributed by atoms with Crippen molar-refractivity contribution in [3.8, 4) is 5.95 Å². The number of halogens is 2. The zero-order chi connectivity index (χ0) is 14.8. The van der Waals surface area contributed by atoms with Crippen LogP contribution in [0.2, 0.25) is 5.02 Å². The van der Waals surface area contributed by atoms with Crippen molar-refractivity contribution in [2.24, 2.45) is 0 Å². The number of hydrogen-bond acceptors (Lipinski definition) is 6. The monoisotopic (exact) mass is 365 g/mol. The molecule has 0 saturated carbocycles. The summed E-state index contributed by atoms with van der Waals surface area (Å²) in [7, 11) is 0. The van der Waals surface area contributed by atoms with Crippen LogP contribution in [0.15, 0.2) is 41.1 Å². The first-order valence-electron chi connectivity index (χ1n) is 5.85. The molecular formula is C12H9BrClN7. The number of hydrogen-bond donors (Lipinski definition) is 2. The van der Waals surface area contributed by atoms with E-state index in [1.54, 1.807) is 36.7 Å². The van der Waals surface area contributed by atoms with E-state index >= 15 is 0 Å². The third-order valence-corrected chi connectivity index (χ3v) is 3.42. The second-order valence-electron chi connectivity index (χ2n) is 4.02. The molecule has 0 atom stereocenters. The first-order chi connectivity index (χ1) is 10.1. The quantitative estimate of drug-likeness (QED) is 0.740. The smallest absolute Gasteiger partial charge is 0.257 e. The van der Waals surface area contributed by atoms with Gasteiger partial charge in [0.15, 0.2) is 0 Å². The minimum absolute atomic E-state index is 0.100. The van der Waals surface area contributed by atoms with Crippen LogP contribution in [0.5, 0.6) is 0 Å². The molecule has 9 heteroatoms. The van der Waals surface area contributed by atoms with Crippen LogP contribution in [-0.2, 0) is 0 Å². The van der Waals surface area contributed by atoms with Crippen LogP contribution in [0.3, 0.4) is 0 Å². The molecule has 0 unspecified atom stereocenters. The number of benzene rings is 1. The van der Waals surface area contributed by atoms with Gasteiger partial charge < -0.3 is 11.1 Å². The summed E-state index contributed by atoms with van der Waals surface area (Å²) in [6.45, 7) is 0. The third-order valence-electron chi connectivity index (χ3n) is 2.53. The second kappa shape index (κ2) is 5.66. The van der Waals surface area contributed by atoms with Gasteiger partial charge in [0.05, 0.1) is 5.69 Å². The highest BCUT2D eigenvalue weighted by atomic mass is 79.9. The van der Waals surface area contributed by atoms with Gasteiger partial charge in [0.1, 0.15) is 0 Å². The topological polar surface area (TPSA) is 94.5 Å². The molecular weight excluding hydrogens is 358 g/mol. The molecule has 3 N–H and O–H groups in total. The maximum Gasteiger partial charge on any atom is 0.257 e. The van der Waals surface area contributed by atoms with Crippen molar-refractivity contribution in [3.63, 3.8) is 0 Å². The summed E-state index contributed by atoms with van der Waals surface area (Å²) in [5, 5.41) is 7.74. The molecule has 0 fully saturated rings. The van der Waals surface area contributed by atoms with Gasteiger partial charge >= 0.3 is 0 Å². The molecule has 2 aromatic heterocycles. The van der Waals surface area contributed by atoms with Gasteiger partial charge in [-0.05, 0) is 40.2 Å². The molecule has 0 aliphatic rings. The molecule has 3 aromatic rings. The average molecular weight is 367 g/mol. The van der Waals surface area contributed by atoms with Crippen molar-refractivity contribution in [1.82, 2.24) is 24.7 Å². The fourth-order valence-electron chi connectivity index (χ4n) is 1.64. The average Bonchev–Trinajstić information content (AvgIpc) is 2.95. The Balaban J connectivity index is 1.95.